The first-order valence-corrected chi connectivity index (χ1v) is 8.44. The van der Waals surface area contributed by atoms with Gasteiger partial charge >= 0.3 is 0 Å². The third-order valence-electron chi connectivity index (χ3n) is 4.79. The van der Waals surface area contributed by atoms with E-state index < -0.39 is 0 Å². The number of hydrogen-bond acceptors (Lipinski definition) is 6. The molecule has 2 atom stereocenters. The average Bonchev–Trinajstić information content (AvgIpc) is 3.28. The van der Waals surface area contributed by atoms with E-state index in [1.165, 1.54) is 6.33 Å². The number of hydrogen-bond donors (Lipinski definition) is 0. The van der Waals surface area contributed by atoms with Gasteiger partial charge < -0.3 is 14.4 Å². The van der Waals surface area contributed by atoms with E-state index in [0.29, 0.717) is 32.0 Å². The summed E-state index contributed by atoms with van der Waals surface area (Å²) in [5.74, 6) is -0.0670. The van der Waals surface area contributed by atoms with E-state index in [4.69, 9.17) is 9.47 Å². The lowest BCUT2D eigenvalue weighted by Gasteiger charge is -2.23. The van der Waals surface area contributed by atoms with Crippen molar-refractivity contribution in [3.05, 3.63) is 54.4 Å². The van der Waals surface area contributed by atoms with Crippen LogP contribution in [0.25, 0.3) is 0 Å². The second-order valence-electron chi connectivity index (χ2n) is 6.56. The zero-order valence-electron chi connectivity index (χ0n) is 13.9. The fourth-order valence-corrected chi connectivity index (χ4v) is 3.49. The first-order valence-electron chi connectivity index (χ1n) is 8.44. The van der Waals surface area contributed by atoms with E-state index in [1.807, 2.05) is 23.2 Å². The molecule has 0 N–H and O–H groups in total. The van der Waals surface area contributed by atoms with Crippen LogP contribution in [0.2, 0.25) is 0 Å². The lowest BCUT2D eigenvalue weighted by atomic mass is 9.98. The molecule has 7 heteroatoms. The fourth-order valence-electron chi connectivity index (χ4n) is 3.49. The molecule has 2 aromatic heterocycles. The van der Waals surface area contributed by atoms with Crippen molar-refractivity contribution < 1.29 is 14.3 Å². The van der Waals surface area contributed by atoms with Crippen LogP contribution in [0.3, 0.4) is 0 Å². The highest BCUT2D eigenvalue weighted by atomic mass is 16.6. The third kappa shape index (κ3) is 3.52. The van der Waals surface area contributed by atoms with Gasteiger partial charge in [-0.1, -0.05) is 6.07 Å². The molecule has 0 aliphatic carbocycles. The molecule has 2 aliphatic heterocycles. The molecule has 25 heavy (non-hydrogen) atoms. The van der Waals surface area contributed by atoms with Crippen molar-refractivity contribution in [3.63, 3.8) is 0 Å². The van der Waals surface area contributed by atoms with Gasteiger partial charge in [0.05, 0.1) is 31.5 Å². The predicted molar refractivity (Wildman–Crippen MR) is 88.7 cm³/mol. The first-order chi connectivity index (χ1) is 12.2. The summed E-state index contributed by atoms with van der Waals surface area (Å²) in [4.78, 5) is 26.3. The van der Waals surface area contributed by atoms with Crippen LogP contribution < -0.4 is 0 Å². The molecule has 7 nitrogen and oxygen atoms in total. The molecular weight excluding hydrogens is 320 g/mol. The van der Waals surface area contributed by atoms with Crippen LogP contribution in [-0.2, 0) is 16.1 Å². The maximum absolute atomic E-state index is 12.5. The summed E-state index contributed by atoms with van der Waals surface area (Å²) < 4.78 is 12.0. The van der Waals surface area contributed by atoms with Gasteiger partial charge in [-0.15, -0.1) is 0 Å². The van der Waals surface area contributed by atoms with Crippen LogP contribution in [0.5, 0.6) is 0 Å². The van der Waals surface area contributed by atoms with Crippen LogP contribution in [0.4, 0.5) is 0 Å². The van der Waals surface area contributed by atoms with Crippen molar-refractivity contribution in [2.75, 3.05) is 19.7 Å². The minimum Gasteiger partial charge on any atom is -0.371 e. The highest BCUT2D eigenvalue weighted by Crippen LogP contribution is 2.36. The third-order valence-corrected chi connectivity index (χ3v) is 4.79. The molecule has 2 aliphatic rings. The summed E-state index contributed by atoms with van der Waals surface area (Å²) in [5.41, 5.74) is 1.19. The van der Waals surface area contributed by atoms with Crippen molar-refractivity contribution in [1.82, 2.24) is 19.9 Å². The largest absolute Gasteiger partial charge is 0.371 e. The Morgan fingerprint density at radius 3 is 3.12 bits per heavy atom. The highest BCUT2D eigenvalue weighted by molar-refractivity contribution is 5.92. The van der Waals surface area contributed by atoms with E-state index in [1.54, 1.807) is 18.5 Å². The Kier molecular flexibility index (Phi) is 4.42. The van der Waals surface area contributed by atoms with E-state index in [2.05, 4.69) is 15.0 Å². The maximum atomic E-state index is 12.5. The summed E-state index contributed by atoms with van der Waals surface area (Å²) in [5, 5.41) is 0. The van der Waals surface area contributed by atoms with Gasteiger partial charge in [-0.3, -0.25) is 9.78 Å². The molecule has 2 fully saturated rings. The van der Waals surface area contributed by atoms with Crippen molar-refractivity contribution in [2.45, 2.75) is 31.2 Å². The Morgan fingerprint density at radius 1 is 1.36 bits per heavy atom. The zero-order chi connectivity index (χ0) is 17.1. The van der Waals surface area contributed by atoms with Crippen LogP contribution >= 0.6 is 0 Å². The molecular formula is C18H20N4O3. The van der Waals surface area contributed by atoms with Crippen LogP contribution in [0.15, 0.2) is 43.1 Å². The van der Waals surface area contributed by atoms with E-state index in [0.717, 1.165) is 18.4 Å². The molecule has 0 aromatic carbocycles. The molecule has 130 valence electrons. The zero-order valence-corrected chi connectivity index (χ0v) is 13.9. The Balaban J connectivity index is 1.33. The van der Waals surface area contributed by atoms with Crippen molar-refractivity contribution in [3.8, 4) is 0 Å². The second-order valence-corrected chi connectivity index (χ2v) is 6.56. The summed E-state index contributed by atoms with van der Waals surface area (Å²) in [6.45, 7) is 2.36. The van der Waals surface area contributed by atoms with E-state index >= 15 is 0 Å². The molecule has 2 saturated heterocycles. The van der Waals surface area contributed by atoms with Gasteiger partial charge in [0.25, 0.3) is 5.91 Å². The predicted octanol–water partition coefficient (Wildman–Crippen LogP) is 1.46. The SMILES string of the molecule is O=C(c1ccncn1)N1CC[C@]2(C[C@@H](OCc3cccnc3)CO2)C1. The standard InChI is InChI=1S/C18H20N4O3/c23-17(16-3-6-20-13-21-16)22-7-4-18(12-22)8-15(11-25-18)24-10-14-2-1-5-19-9-14/h1-3,5-6,9,13,15H,4,7-8,10-12H2/t15-,18+/m1/s1. The van der Waals surface area contributed by atoms with Gasteiger partial charge in [0.15, 0.2) is 0 Å². The van der Waals surface area contributed by atoms with Gasteiger partial charge in [0, 0.05) is 31.6 Å². The topological polar surface area (TPSA) is 77.4 Å². The first kappa shape index (κ1) is 16.1. The number of carbonyl (C=O) groups excluding carboxylic acids is 1. The number of pyridine rings is 1. The van der Waals surface area contributed by atoms with Crippen LogP contribution in [-0.4, -0.2) is 57.2 Å². The molecule has 4 rings (SSSR count). The van der Waals surface area contributed by atoms with Gasteiger partial charge in [-0.25, -0.2) is 9.97 Å². The molecule has 0 radical (unpaired) electrons. The normalized spacial score (nSPS) is 25.6. The van der Waals surface area contributed by atoms with Gasteiger partial charge in [0.2, 0.25) is 0 Å². The summed E-state index contributed by atoms with van der Waals surface area (Å²) >= 11 is 0. The Morgan fingerprint density at radius 2 is 2.32 bits per heavy atom. The molecule has 0 saturated carbocycles. The summed E-state index contributed by atoms with van der Waals surface area (Å²) in [6, 6.07) is 5.54. The van der Waals surface area contributed by atoms with Gasteiger partial charge in [0.1, 0.15) is 12.0 Å². The molecule has 0 unspecified atom stereocenters. The molecule has 2 aromatic rings. The second kappa shape index (κ2) is 6.85. The minimum absolute atomic E-state index is 0.0503. The lowest BCUT2D eigenvalue weighted by molar-refractivity contribution is 0.000216. The average molecular weight is 340 g/mol. The number of likely N-dealkylation sites (tertiary alicyclic amines) is 1. The smallest absolute Gasteiger partial charge is 0.272 e. The Hall–Kier alpha value is -2.38. The molecule has 4 heterocycles. The Bertz CT molecular complexity index is 728. The number of carbonyl (C=O) groups is 1. The summed E-state index contributed by atoms with van der Waals surface area (Å²) in [7, 11) is 0. The number of nitrogens with zero attached hydrogens (tertiary/aromatic N) is 4. The van der Waals surface area contributed by atoms with E-state index in [-0.39, 0.29) is 17.6 Å². The van der Waals surface area contributed by atoms with Gasteiger partial charge in [-0.2, -0.15) is 0 Å². The number of aromatic nitrogens is 3. The van der Waals surface area contributed by atoms with E-state index in [9.17, 15) is 4.79 Å². The quantitative estimate of drug-likeness (QED) is 0.839. The number of amides is 1. The molecule has 0 bridgehead atoms. The van der Waals surface area contributed by atoms with Crippen molar-refractivity contribution in [1.29, 1.82) is 0 Å². The Labute approximate surface area is 146 Å². The molecule has 1 spiro atoms. The van der Waals surface area contributed by atoms with Gasteiger partial charge in [-0.05, 0) is 24.1 Å². The van der Waals surface area contributed by atoms with Crippen LogP contribution in [0, 0.1) is 0 Å². The number of rotatable bonds is 4. The fraction of sp³-hybridized carbons (Fsp3) is 0.444. The highest BCUT2D eigenvalue weighted by Gasteiger charge is 2.47. The number of ether oxygens (including phenoxy) is 2. The van der Waals surface area contributed by atoms with Crippen LogP contribution in [0.1, 0.15) is 28.9 Å². The monoisotopic (exact) mass is 340 g/mol. The van der Waals surface area contributed by atoms with Crippen molar-refractivity contribution >= 4 is 5.91 Å². The lowest BCUT2D eigenvalue weighted by Crippen LogP contribution is -2.36. The molecule has 1 amide bonds. The summed E-state index contributed by atoms with van der Waals surface area (Å²) in [6.07, 6.45) is 8.22. The van der Waals surface area contributed by atoms with Crippen molar-refractivity contribution in [2.24, 2.45) is 0 Å². The minimum atomic E-state index is -0.289. The maximum Gasteiger partial charge on any atom is 0.272 e.